The van der Waals surface area contributed by atoms with E-state index in [1.807, 2.05) is 0 Å². The van der Waals surface area contributed by atoms with E-state index in [9.17, 15) is 4.21 Å². The molecule has 0 aromatic rings. The molecule has 0 aromatic carbocycles. The Morgan fingerprint density at radius 2 is 2.25 bits per heavy atom. The molecule has 0 spiro atoms. The molecule has 2 nitrogen and oxygen atoms in total. The molecule has 1 atom stereocenters. The van der Waals surface area contributed by atoms with Gasteiger partial charge < -0.3 is 0 Å². The zero-order valence-corrected chi connectivity index (χ0v) is 5.95. The van der Waals surface area contributed by atoms with E-state index in [-0.39, 0.29) is 0 Å². The van der Waals surface area contributed by atoms with Gasteiger partial charge in [0.25, 0.3) is 0 Å². The van der Waals surface area contributed by atoms with Crippen LogP contribution < -0.4 is 0 Å². The first-order valence-corrected chi connectivity index (χ1v) is 3.81. The Kier molecular flexibility index (Phi) is 4.90. The molecule has 0 amide bonds. The van der Waals surface area contributed by atoms with Gasteiger partial charge in [0.15, 0.2) is 11.0 Å². The molecule has 46 valence electrons. The van der Waals surface area contributed by atoms with Gasteiger partial charge in [-0.1, -0.05) is 0 Å². The molecule has 1 unspecified atom stereocenters. The third-order valence-electron chi connectivity index (χ3n) is 0.446. The lowest BCUT2D eigenvalue weighted by molar-refractivity contribution is 0.690. The molecular formula is C4H6ClNOS. The predicted octanol–water partition coefficient (Wildman–Crippen LogP) is 1.10. The van der Waals surface area contributed by atoms with E-state index in [1.165, 1.54) is 18.0 Å². The van der Waals surface area contributed by atoms with Gasteiger partial charge in [-0.2, -0.15) is 4.40 Å². The highest BCUT2D eigenvalue weighted by molar-refractivity contribution is 7.87. The third-order valence-corrected chi connectivity index (χ3v) is 1.17. The summed E-state index contributed by atoms with van der Waals surface area (Å²) in [6.07, 6.45) is 4.66. The Morgan fingerprint density at radius 1 is 1.62 bits per heavy atom. The highest BCUT2D eigenvalue weighted by Gasteiger charge is 1.87. The van der Waals surface area contributed by atoms with Crippen molar-refractivity contribution in [3.63, 3.8) is 0 Å². The summed E-state index contributed by atoms with van der Waals surface area (Å²) in [4.78, 5) is 0. The fourth-order valence-corrected chi connectivity index (χ4v) is 0.698. The van der Waals surface area contributed by atoms with Crippen LogP contribution in [-0.2, 0) is 11.0 Å². The van der Waals surface area contributed by atoms with Crippen molar-refractivity contribution in [3.8, 4) is 0 Å². The number of allylic oxidation sites excluding steroid dienone is 1. The van der Waals surface area contributed by atoms with Crippen LogP contribution in [0.25, 0.3) is 0 Å². The summed E-state index contributed by atoms with van der Waals surface area (Å²) in [5.74, 6) is 0. The van der Waals surface area contributed by atoms with Gasteiger partial charge >= 0.3 is 0 Å². The summed E-state index contributed by atoms with van der Waals surface area (Å²) in [6.45, 7) is 0. The van der Waals surface area contributed by atoms with Gasteiger partial charge in [0.2, 0.25) is 0 Å². The van der Waals surface area contributed by atoms with E-state index >= 15 is 0 Å². The Hall–Kier alpha value is -0.150. The van der Waals surface area contributed by atoms with Crippen LogP contribution in [0, 0.1) is 0 Å². The Balaban J connectivity index is 0.000000222. The Bertz CT molecular complexity index is 118. The number of halogens is 1. The summed E-state index contributed by atoms with van der Waals surface area (Å²) in [5, 5.41) is 1.53. The van der Waals surface area contributed by atoms with E-state index in [1.54, 1.807) is 6.08 Å². The van der Waals surface area contributed by atoms with Gasteiger partial charge in [-0.15, -0.1) is 11.6 Å². The van der Waals surface area contributed by atoms with E-state index in [0.29, 0.717) is 0 Å². The van der Waals surface area contributed by atoms with Gasteiger partial charge in [0, 0.05) is 18.0 Å². The second kappa shape index (κ2) is 5.00. The van der Waals surface area contributed by atoms with Crippen molar-refractivity contribution in [1.82, 2.24) is 0 Å². The zero-order chi connectivity index (χ0) is 6.41. The van der Waals surface area contributed by atoms with Gasteiger partial charge in [0.1, 0.15) is 0 Å². The summed E-state index contributed by atoms with van der Waals surface area (Å²) >= 11 is 4.64. The number of hydrogen-bond acceptors (Lipinski definition) is 1. The summed E-state index contributed by atoms with van der Waals surface area (Å²) in [7, 11) is -1.03. The highest BCUT2D eigenvalue weighted by Crippen LogP contribution is 1.90. The topological polar surface area (TPSA) is 29.4 Å². The standard InChI is InChI=1S/C3H3NOS.CH3Cl/c5-6-3-1-2-4-6;1-2/h1-3H;1H3. The van der Waals surface area contributed by atoms with Crippen molar-refractivity contribution in [3.05, 3.63) is 11.5 Å². The van der Waals surface area contributed by atoms with Crippen LogP contribution in [-0.4, -0.2) is 16.8 Å². The fraction of sp³-hybridized carbons (Fsp3) is 0.250. The molecule has 1 aliphatic rings. The second-order valence-electron chi connectivity index (χ2n) is 0.859. The van der Waals surface area contributed by atoms with Crippen LogP contribution in [0.1, 0.15) is 0 Å². The van der Waals surface area contributed by atoms with Crippen LogP contribution in [0.5, 0.6) is 0 Å². The van der Waals surface area contributed by atoms with Crippen LogP contribution in [0.2, 0.25) is 0 Å². The minimum absolute atomic E-state index is 1.03. The largest absolute Gasteiger partial charge is 0.230 e. The van der Waals surface area contributed by atoms with Crippen molar-refractivity contribution in [2.24, 2.45) is 4.40 Å². The van der Waals surface area contributed by atoms with Gasteiger partial charge in [-0.3, -0.25) is 0 Å². The quantitative estimate of drug-likeness (QED) is 0.477. The van der Waals surface area contributed by atoms with Gasteiger partial charge in [-0.05, 0) is 6.08 Å². The first-order chi connectivity index (χ1) is 3.89. The maximum Gasteiger partial charge on any atom is 0.165 e. The zero-order valence-electron chi connectivity index (χ0n) is 4.37. The maximum atomic E-state index is 10.1. The highest BCUT2D eigenvalue weighted by atomic mass is 35.5. The minimum atomic E-state index is -1.03. The number of rotatable bonds is 0. The monoisotopic (exact) mass is 151 g/mol. The number of hydrogen-bond donors (Lipinski definition) is 0. The van der Waals surface area contributed by atoms with Crippen LogP contribution in [0.15, 0.2) is 15.9 Å². The van der Waals surface area contributed by atoms with Crippen molar-refractivity contribution < 1.29 is 4.21 Å². The average Bonchev–Trinajstić information content (AvgIpc) is 2.24. The molecule has 1 heterocycles. The Labute approximate surface area is 55.9 Å². The normalized spacial score (nSPS) is 22.5. The van der Waals surface area contributed by atoms with Crippen LogP contribution in [0.3, 0.4) is 0 Å². The number of nitrogens with zero attached hydrogens (tertiary/aromatic N) is 1. The van der Waals surface area contributed by atoms with Crippen LogP contribution in [0.4, 0.5) is 0 Å². The van der Waals surface area contributed by atoms with E-state index in [0.717, 1.165) is 0 Å². The SMILES string of the molecule is CCl.O=S1C=CC=N1. The summed E-state index contributed by atoms with van der Waals surface area (Å²) in [6, 6.07) is 0. The molecule has 4 heteroatoms. The Morgan fingerprint density at radius 3 is 2.38 bits per heavy atom. The first kappa shape index (κ1) is 7.85. The van der Waals surface area contributed by atoms with Gasteiger partial charge in [-0.25, -0.2) is 4.21 Å². The number of alkyl halides is 1. The van der Waals surface area contributed by atoms with E-state index in [4.69, 9.17) is 0 Å². The van der Waals surface area contributed by atoms with Crippen LogP contribution >= 0.6 is 11.6 Å². The maximum absolute atomic E-state index is 10.1. The van der Waals surface area contributed by atoms with E-state index < -0.39 is 11.0 Å². The molecule has 0 aliphatic carbocycles. The summed E-state index contributed by atoms with van der Waals surface area (Å²) in [5.41, 5.74) is 0. The minimum Gasteiger partial charge on any atom is -0.230 e. The van der Waals surface area contributed by atoms with Crippen molar-refractivity contribution >= 4 is 28.8 Å². The molecule has 0 fully saturated rings. The lowest BCUT2D eigenvalue weighted by Crippen LogP contribution is -1.64. The average molecular weight is 152 g/mol. The molecule has 1 rings (SSSR count). The molecule has 8 heavy (non-hydrogen) atoms. The molecule has 0 radical (unpaired) electrons. The smallest absolute Gasteiger partial charge is 0.165 e. The molecule has 1 aliphatic heterocycles. The lowest BCUT2D eigenvalue weighted by atomic mass is 10.7. The van der Waals surface area contributed by atoms with Crippen molar-refractivity contribution in [2.75, 3.05) is 6.38 Å². The molecule has 0 N–H and O–H groups in total. The van der Waals surface area contributed by atoms with Crippen molar-refractivity contribution in [1.29, 1.82) is 0 Å². The van der Waals surface area contributed by atoms with E-state index in [2.05, 4.69) is 16.0 Å². The molecular weight excluding hydrogens is 146 g/mol. The summed E-state index contributed by atoms with van der Waals surface area (Å²) < 4.78 is 13.5. The first-order valence-electron chi connectivity index (χ1n) is 1.89. The predicted molar refractivity (Wildman–Crippen MR) is 37.6 cm³/mol. The molecule has 0 bridgehead atoms. The van der Waals surface area contributed by atoms with Gasteiger partial charge in [0.05, 0.1) is 0 Å². The molecule has 0 aromatic heterocycles. The third kappa shape index (κ3) is 2.93. The molecule has 0 saturated heterocycles. The second-order valence-corrected chi connectivity index (χ2v) is 1.89. The van der Waals surface area contributed by atoms with Crippen molar-refractivity contribution in [2.45, 2.75) is 0 Å². The molecule has 0 saturated carbocycles. The lowest BCUT2D eigenvalue weighted by Gasteiger charge is -1.65. The fourth-order valence-electron chi connectivity index (χ4n) is 0.233.